The Morgan fingerprint density at radius 3 is 2.33 bits per heavy atom. The van der Waals surface area contributed by atoms with Gasteiger partial charge in [0.15, 0.2) is 0 Å². The Balaban J connectivity index is 3.27. The summed E-state index contributed by atoms with van der Waals surface area (Å²) in [5, 5.41) is 0. The molecule has 0 N–H and O–H groups in total. The fraction of sp³-hybridized carbons (Fsp3) is 0.400. The van der Waals surface area contributed by atoms with Gasteiger partial charge < -0.3 is 9.47 Å². The van der Waals surface area contributed by atoms with Crippen molar-refractivity contribution in [2.75, 3.05) is 7.11 Å². The molecule has 2 atom stereocenters. The topological polar surface area (TPSA) is 35.5 Å². The van der Waals surface area contributed by atoms with Crippen LogP contribution in [0.25, 0.3) is 0 Å². The predicted molar refractivity (Wildman–Crippen MR) is 70.2 cm³/mol. The van der Waals surface area contributed by atoms with Crippen LogP contribution < -0.4 is 0 Å². The summed E-state index contributed by atoms with van der Waals surface area (Å²) in [6.07, 6.45) is -0.760. The van der Waals surface area contributed by atoms with Crippen LogP contribution in [-0.2, 0) is 19.9 Å². The lowest BCUT2D eigenvalue weighted by Crippen LogP contribution is -2.52. The first-order valence-electron chi connectivity index (χ1n) is 6.11. The molecule has 0 unspecified atom stereocenters. The minimum Gasteiger partial charge on any atom is -0.459 e. The quantitative estimate of drug-likeness (QED) is 0.619. The van der Waals surface area contributed by atoms with Gasteiger partial charge in [-0.3, -0.25) is 0 Å². The third-order valence-corrected chi connectivity index (χ3v) is 2.89. The molecular weight excluding hydrogens is 285 g/mol. The van der Waals surface area contributed by atoms with Gasteiger partial charge in [0.05, 0.1) is 0 Å². The third-order valence-electron chi connectivity index (χ3n) is 2.89. The zero-order chi connectivity index (χ0) is 16.1. The molecule has 1 rings (SSSR count). The van der Waals surface area contributed by atoms with Crippen molar-refractivity contribution in [2.45, 2.75) is 31.2 Å². The number of benzene rings is 1. The van der Waals surface area contributed by atoms with E-state index in [1.165, 1.54) is 25.1 Å². The zero-order valence-electron chi connectivity index (χ0n) is 11.6. The molecule has 0 aliphatic carbocycles. The highest BCUT2D eigenvalue weighted by Gasteiger charge is 2.64. The predicted octanol–water partition coefficient (Wildman–Crippen LogP) is 3.05. The second kappa shape index (κ2) is 6.64. The van der Waals surface area contributed by atoms with Gasteiger partial charge in [-0.15, -0.1) is 12.3 Å². The van der Waals surface area contributed by atoms with Crippen molar-refractivity contribution in [1.82, 2.24) is 0 Å². The van der Waals surface area contributed by atoms with Crippen LogP contribution >= 0.6 is 0 Å². The number of halogens is 3. The number of rotatable bonds is 5. The molecule has 3 nitrogen and oxygen atoms in total. The van der Waals surface area contributed by atoms with Crippen molar-refractivity contribution < 1.29 is 27.4 Å². The standard InChI is InChI=1S/C15H15F3O3/c1-4-8-11(2)21-13(19)14(20-3,15(16,17)18)12-9-6-5-7-10-12/h1,5-7,9-11H,8H2,2-3H3/t11-,14+/m0/s1. The molecule has 114 valence electrons. The number of hydrogen-bond donors (Lipinski definition) is 0. The molecule has 0 heterocycles. The van der Waals surface area contributed by atoms with Crippen LogP contribution in [0.4, 0.5) is 13.2 Å². The minimum atomic E-state index is -4.98. The molecule has 0 aliphatic rings. The van der Waals surface area contributed by atoms with E-state index in [0.29, 0.717) is 0 Å². The van der Waals surface area contributed by atoms with Crippen LogP contribution in [0, 0.1) is 12.3 Å². The lowest BCUT2D eigenvalue weighted by atomic mass is 9.92. The molecule has 0 aromatic heterocycles. The number of carbonyl (C=O) groups is 1. The second-order valence-corrected chi connectivity index (χ2v) is 4.37. The molecule has 0 fully saturated rings. The first-order valence-corrected chi connectivity index (χ1v) is 6.11. The Morgan fingerprint density at radius 2 is 1.90 bits per heavy atom. The molecule has 6 heteroatoms. The average Bonchev–Trinajstić information content (AvgIpc) is 2.39. The largest absolute Gasteiger partial charge is 0.459 e. The van der Waals surface area contributed by atoms with E-state index in [9.17, 15) is 18.0 Å². The van der Waals surface area contributed by atoms with Crippen LogP contribution in [0.2, 0.25) is 0 Å². The fourth-order valence-corrected chi connectivity index (χ4v) is 1.86. The monoisotopic (exact) mass is 300 g/mol. The smallest absolute Gasteiger partial charge is 0.432 e. The SMILES string of the molecule is C#CC[C@H](C)OC(=O)[C@](OC)(c1ccccc1)C(F)(F)F. The first-order chi connectivity index (χ1) is 9.79. The number of ether oxygens (including phenoxy) is 2. The van der Waals surface area contributed by atoms with Crippen LogP contribution in [0.3, 0.4) is 0 Å². The Hall–Kier alpha value is -2.00. The van der Waals surface area contributed by atoms with Crippen molar-refractivity contribution in [3.8, 4) is 12.3 Å². The molecule has 0 amide bonds. The van der Waals surface area contributed by atoms with Crippen LogP contribution in [0.15, 0.2) is 30.3 Å². The fourth-order valence-electron chi connectivity index (χ4n) is 1.86. The van der Waals surface area contributed by atoms with Crippen molar-refractivity contribution in [3.05, 3.63) is 35.9 Å². The number of alkyl halides is 3. The number of methoxy groups -OCH3 is 1. The molecule has 0 spiro atoms. The number of terminal acetylenes is 1. The summed E-state index contributed by atoms with van der Waals surface area (Å²) in [5.41, 5.74) is -3.52. The van der Waals surface area contributed by atoms with Crippen molar-refractivity contribution in [1.29, 1.82) is 0 Å². The van der Waals surface area contributed by atoms with Gasteiger partial charge in [-0.05, 0) is 6.92 Å². The molecule has 0 aliphatic heterocycles. The van der Waals surface area contributed by atoms with Crippen LogP contribution in [-0.4, -0.2) is 25.4 Å². The highest BCUT2D eigenvalue weighted by molar-refractivity contribution is 5.82. The van der Waals surface area contributed by atoms with E-state index in [-0.39, 0.29) is 12.0 Å². The molecule has 0 saturated heterocycles. The van der Waals surface area contributed by atoms with Gasteiger partial charge in [0.1, 0.15) is 6.10 Å². The van der Waals surface area contributed by atoms with Crippen LogP contribution in [0.5, 0.6) is 0 Å². The lowest BCUT2D eigenvalue weighted by molar-refractivity contribution is -0.277. The summed E-state index contributed by atoms with van der Waals surface area (Å²) in [7, 11) is 0.813. The first kappa shape index (κ1) is 17.1. The molecule has 0 bridgehead atoms. The summed E-state index contributed by atoms with van der Waals surface area (Å²) in [6, 6.07) is 6.61. The van der Waals surface area contributed by atoms with E-state index in [0.717, 1.165) is 19.2 Å². The van der Waals surface area contributed by atoms with E-state index in [1.807, 2.05) is 0 Å². The van der Waals surface area contributed by atoms with E-state index in [2.05, 4.69) is 10.7 Å². The minimum absolute atomic E-state index is 0.0121. The van der Waals surface area contributed by atoms with Gasteiger partial charge in [0, 0.05) is 19.1 Å². The van der Waals surface area contributed by atoms with Gasteiger partial charge >= 0.3 is 12.1 Å². The van der Waals surface area contributed by atoms with E-state index in [4.69, 9.17) is 11.2 Å². The normalized spacial score (nSPS) is 15.6. The molecule has 0 radical (unpaired) electrons. The maximum atomic E-state index is 13.5. The van der Waals surface area contributed by atoms with Crippen molar-refractivity contribution in [3.63, 3.8) is 0 Å². The molecule has 1 aromatic carbocycles. The number of hydrogen-bond acceptors (Lipinski definition) is 3. The maximum absolute atomic E-state index is 13.5. The number of esters is 1. The van der Waals surface area contributed by atoms with Gasteiger partial charge in [0.2, 0.25) is 0 Å². The lowest BCUT2D eigenvalue weighted by Gasteiger charge is -2.33. The molecular formula is C15H15F3O3. The zero-order valence-corrected chi connectivity index (χ0v) is 11.6. The van der Waals surface area contributed by atoms with Gasteiger partial charge in [-0.25, -0.2) is 4.79 Å². The van der Waals surface area contributed by atoms with Crippen molar-refractivity contribution >= 4 is 5.97 Å². The van der Waals surface area contributed by atoms with Crippen molar-refractivity contribution in [2.24, 2.45) is 0 Å². The van der Waals surface area contributed by atoms with Gasteiger partial charge in [-0.2, -0.15) is 13.2 Å². The Bertz CT molecular complexity index is 519. The summed E-state index contributed by atoms with van der Waals surface area (Å²) >= 11 is 0. The summed E-state index contributed by atoms with van der Waals surface area (Å²) < 4.78 is 49.8. The summed E-state index contributed by atoms with van der Waals surface area (Å²) in [5.74, 6) is 0.686. The van der Waals surface area contributed by atoms with Gasteiger partial charge in [0.25, 0.3) is 5.60 Å². The Labute approximate surface area is 121 Å². The van der Waals surface area contributed by atoms with Crippen LogP contribution in [0.1, 0.15) is 18.9 Å². The third kappa shape index (κ3) is 3.37. The molecule has 1 aromatic rings. The molecule has 21 heavy (non-hydrogen) atoms. The summed E-state index contributed by atoms with van der Waals surface area (Å²) in [4.78, 5) is 12.1. The highest BCUT2D eigenvalue weighted by Crippen LogP contribution is 2.43. The van der Waals surface area contributed by atoms with E-state index >= 15 is 0 Å². The second-order valence-electron chi connectivity index (χ2n) is 4.37. The van der Waals surface area contributed by atoms with E-state index < -0.39 is 23.9 Å². The van der Waals surface area contributed by atoms with E-state index in [1.54, 1.807) is 0 Å². The Morgan fingerprint density at radius 1 is 1.33 bits per heavy atom. The van der Waals surface area contributed by atoms with Gasteiger partial charge in [-0.1, -0.05) is 30.3 Å². The maximum Gasteiger partial charge on any atom is 0.432 e. The highest BCUT2D eigenvalue weighted by atomic mass is 19.4. The number of carbonyl (C=O) groups excluding carboxylic acids is 1. The molecule has 0 saturated carbocycles. The Kier molecular flexibility index (Phi) is 5.39. The summed E-state index contributed by atoms with van der Waals surface area (Å²) in [6.45, 7) is 1.42. The average molecular weight is 300 g/mol.